The first kappa shape index (κ1) is 22.9. The van der Waals surface area contributed by atoms with Crippen LogP contribution in [0.3, 0.4) is 0 Å². The number of nitrogens with zero attached hydrogens (tertiary/aromatic N) is 4. The number of hydrogen-bond donors (Lipinski definition) is 2. The molecule has 0 aliphatic carbocycles. The molecule has 0 radical (unpaired) electrons. The summed E-state index contributed by atoms with van der Waals surface area (Å²) in [4.78, 5) is 22.3. The molecule has 0 atom stereocenters. The highest BCUT2D eigenvalue weighted by molar-refractivity contribution is 5.95. The van der Waals surface area contributed by atoms with Gasteiger partial charge in [0.05, 0.1) is 16.9 Å². The molecule has 3 N–H and O–H groups in total. The Morgan fingerprint density at radius 1 is 1.31 bits per heavy atom. The Balaban J connectivity index is 1.74. The van der Waals surface area contributed by atoms with Gasteiger partial charge in [0.1, 0.15) is 5.82 Å². The lowest BCUT2D eigenvalue weighted by molar-refractivity contribution is -0.137. The highest BCUT2D eigenvalue weighted by Gasteiger charge is 2.30. The normalized spacial score (nSPS) is 11.2. The Kier molecular flexibility index (Phi) is 6.82. The Labute approximate surface area is 183 Å². The second kappa shape index (κ2) is 9.54. The van der Waals surface area contributed by atoms with Gasteiger partial charge in [-0.1, -0.05) is 18.7 Å². The van der Waals surface area contributed by atoms with Gasteiger partial charge in [0.2, 0.25) is 0 Å². The number of aryl methyl sites for hydroxylation is 2. The number of anilines is 2. The third-order valence-corrected chi connectivity index (χ3v) is 4.80. The number of nitrogens with one attached hydrogen (secondary N) is 1. The molecular formula is C22H23F3N6O. The predicted octanol–water partition coefficient (Wildman–Crippen LogP) is 4.60. The van der Waals surface area contributed by atoms with Gasteiger partial charge in [0.25, 0.3) is 0 Å². The van der Waals surface area contributed by atoms with Gasteiger partial charge in [-0.25, -0.2) is 14.8 Å². The highest BCUT2D eigenvalue weighted by atomic mass is 19.4. The van der Waals surface area contributed by atoms with Crippen LogP contribution in [0.2, 0.25) is 0 Å². The third-order valence-electron chi connectivity index (χ3n) is 4.80. The van der Waals surface area contributed by atoms with E-state index >= 15 is 0 Å². The summed E-state index contributed by atoms with van der Waals surface area (Å²) >= 11 is 0. The quantitative estimate of drug-likeness (QED) is 0.521. The molecule has 32 heavy (non-hydrogen) atoms. The van der Waals surface area contributed by atoms with E-state index < -0.39 is 17.8 Å². The molecule has 0 fully saturated rings. The summed E-state index contributed by atoms with van der Waals surface area (Å²) in [5.74, 6) is 0.963. The summed E-state index contributed by atoms with van der Waals surface area (Å²) in [5, 5.41) is 2.77. The molecule has 1 aromatic carbocycles. The third kappa shape index (κ3) is 5.26. The van der Waals surface area contributed by atoms with Crippen LogP contribution in [0.25, 0.3) is 11.3 Å². The zero-order valence-electron chi connectivity index (χ0n) is 17.4. The number of benzene rings is 1. The summed E-state index contributed by atoms with van der Waals surface area (Å²) in [6.45, 7) is 6.60. The predicted molar refractivity (Wildman–Crippen MR) is 117 cm³/mol. The van der Waals surface area contributed by atoms with Crippen molar-refractivity contribution in [1.82, 2.24) is 19.9 Å². The second-order valence-corrected chi connectivity index (χ2v) is 6.99. The fraction of sp³-hybridized carbons (Fsp3) is 0.227. The summed E-state index contributed by atoms with van der Waals surface area (Å²) < 4.78 is 41.1. The van der Waals surface area contributed by atoms with Gasteiger partial charge in [0.15, 0.2) is 5.82 Å². The molecule has 0 saturated heterocycles. The highest BCUT2D eigenvalue weighted by Crippen LogP contribution is 2.33. The van der Waals surface area contributed by atoms with Crippen molar-refractivity contribution < 1.29 is 18.0 Å². The summed E-state index contributed by atoms with van der Waals surface area (Å²) in [7, 11) is 0. The average Bonchev–Trinajstić information content (AvgIpc) is 3.17. The van der Waals surface area contributed by atoms with Crippen LogP contribution in [0.15, 0.2) is 61.6 Å². The Morgan fingerprint density at radius 3 is 2.75 bits per heavy atom. The van der Waals surface area contributed by atoms with Crippen LogP contribution in [-0.4, -0.2) is 27.1 Å². The van der Waals surface area contributed by atoms with Crippen LogP contribution in [0.4, 0.5) is 29.5 Å². The Morgan fingerprint density at radius 2 is 2.09 bits per heavy atom. The van der Waals surface area contributed by atoms with Crippen LogP contribution >= 0.6 is 0 Å². The van der Waals surface area contributed by atoms with E-state index in [9.17, 15) is 18.0 Å². The second-order valence-electron chi connectivity index (χ2n) is 6.99. The fourth-order valence-electron chi connectivity index (χ4n) is 3.10. The average molecular weight is 444 g/mol. The first-order valence-corrected chi connectivity index (χ1v) is 9.82. The van der Waals surface area contributed by atoms with Crippen molar-refractivity contribution in [3.8, 4) is 11.3 Å². The number of aromatic nitrogens is 3. The first-order valence-electron chi connectivity index (χ1n) is 9.82. The minimum absolute atomic E-state index is 0.0814. The van der Waals surface area contributed by atoms with E-state index in [0.29, 0.717) is 19.5 Å². The number of halogens is 3. The lowest BCUT2D eigenvalue weighted by Crippen LogP contribution is -2.38. The first-order chi connectivity index (χ1) is 15.2. The lowest BCUT2D eigenvalue weighted by Gasteiger charge is -2.20. The maximum absolute atomic E-state index is 13.1. The molecule has 0 unspecified atom stereocenters. The van der Waals surface area contributed by atoms with E-state index in [2.05, 4.69) is 21.9 Å². The molecule has 168 valence electrons. The minimum atomic E-state index is -4.48. The van der Waals surface area contributed by atoms with Crippen molar-refractivity contribution in [3.63, 3.8) is 0 Å². The number of nitrogens with two attached hydrogens (primary N) is 1. The van der Waals surface area contributed by atoms with Crippen molar-refractivity contribution in [2.24, 2.45) is 0 Å². The van der Waals surface area contributed by atoms with Gasteiger partial charge in [-0.2, -0.15) is 13.2 Å². The topological polar surface area (TPSA) is 89.1 Å². The van der Waals surface area contributed by atoms with Gasteiger partial charge in [-0.15, -0.1) is 0 Å². The summed E-state index contributed by atoms with van der Waals surface area (Å²) in [6, 6.07) is 7.28. The molecule has 10 heteroatoms. The van der Waals surface area contributed by atoms with Crippen LogP contribution in [0, 0.1) is 6.92 Å². The number of carbonyl (C=O) groups excluding carboxylic acids is 1. The van der Waals surface area contributed by atoms with Gasteiger partial charge in [-0.05, 0) is 37.6 Å². The number of carbonyl (C=O) groups is 1. The molecule has 3 rings (SSSR count). The molecular weight excluding hydrogens is 421 g/mol. The Hall–Kier alpha value is -3.82. The lowest BCUT2D eigenvalue weighted by atomic mass is 10.1. The van der Waals surface area contributed by atoms with Gasteiger partial charge in [0, 0.05) is 37.2 Å². The van der Waals surface area contributed by atoms with Crippen molar-refractivity contribution in [1.29, 1.82) is 0 Å². The number of imidazole rings is 1. The van der Waals surface area contributed by atoms with Gasteiger partial charge < -0.3 is 15.6 Å². The van der Waals surface area contributed by atoms with E-state index in [4.69, 9.17) is 5.73 Å². The molecule has 0 aliphatic heterocycles. The molecule has 0 spiro atoms. The monoisotopic (exact) mass is 444 g/mol. The molecule has 7 nitrogen and oxygen atoms in total. The van der Waals surface area contributed by atoms with E-state index in [1.54, 1.807) is 6.20 Å². The summed E-state index contributed by atoms with van der Waals surface area (Å²) in [5.41, 5.74) is 5.89. The van der Waals surface area contributed by atoms with E-state index in [1.165, 1.54) is 30.5 Å². The van der Waals surface area contributed by atoms with Gasteiger partial charge >= 0.3 is 12.2 Å². The molecule has 0 bridgehead atoms. The molecule has 0 aliphatic rings. The number of alkyl halides is 3. The molecule has 2 amide bonds. The van der Waals surface area contributed by atoms with Crippen LogP contribution in [0.1, 0.15) is 17.8 Å². The molecule has 2 heterocycles. The standard InChI is InChI=1S/C22H23F3N6O/c1-3-31(21(32)28-10-5-12-30-13-11-27-15(30)2)20-18(26)8-9-19(29-20)16-6-4-7-17(14-16)22(23,24)25/h3-4,6-9,11,13-14H,1,5,10,12,26H2,2H3,(H,28,32). The van der Waals surface area contributed by atoms with E-state index in [1.807, 2.05) is 17.7 Å². The van der Waals surface area contributed by atoms with Crippen LogP contribution < -0.4 is 16.0 Å². The number of pyridine rings is 1. The zero-order chi connectivity index (χ0) is 23.3. The smallest absolute Gasteiger partial charge is 0.396 e. The number of rotatable bonds is 7. The minimum Gasteiger partial charge on any atom is -0.396 e. The molecule has 3 aromatic rings. The maximum Gasteiger partial charge on any atom is 0.416 e. The van der Waals surface area contributed by atoms with Crippen LogP contribution in [-0.2, 0) is 12.7 Å². The molecule has 2 aromatic heterocycles. The molecule has 0 saturated carbocycles. The van der Waals surface area contributed by atoms with Crippen molar-refractivity contribution in [3.05, 3.63) is 73.0 Å². The number of amides is 2. The summed E-state index contributed by atoms with van der Waals surface area (Å²) in [6.07, 6.45) is 1.01. The number of hydrogen-bond acceptors (Lipinski definition) is 4. The zero-order valence-corrected chi connectivity index (χ0v) is 17.4. The fourth-order valence-corrected chi connectivity index (χ4v) is 3.10. The van der Waals surface area contributed by atoms with Gasteiger partial charge in [-0.3, -0.25) is 4.90 Å². The largest absolute Gasteiger partial charge is 0.416 e. The van der Waals surface area contributed by atoms with Crippen molar-refractivity contribution in [2.75, 3.05) is 17.2 Å². The van der Waals surface area contributed by atoms with Crippen molar-refractivity contribution in [2.45, 2.75) is 26.1 Å². The van der Waals surface area contributed by atoms with Crippen LogP contribution in [0.5, 0.6) is 0 Å². The number of nitrogen functional groups attached to an aromatic ring is 1. The van der Waals surface area contributed by atoms with E-state index in [0.717, 1.165) is 22.9 Å². The SMILES string of the molecule is C=CN(C(=O)NCCCn1ccnc1C)c1nc(-c2cccc(C(F)(F)F)c2)ccc1N. The number of urea groups is 1. The maximum atomic E-state index is 13.1. The van der Waals surface area contributed by atoms with Crippen molar-refractivity contribution >= 4 is 17.5 Å². The van der Waals surface area contributed by atoms with E-state index in [-0.39, 0.29) is 22.8 Å². The Bertz CT molecular complexity index is 1110.